The molecule has 2 unspecified atom stereocenters. The number of carbonyl (C=O) groups excluding carboxylic acids is 2. The van der Waals surface area contributed by atoms with Crippen LogP contribution in [0.25, 0.3) is 0 Å². The molecule has 5 atom stereocenters. The second-order valence-corrected chi connectivity index (χ2v) is 9.17. The Morgan fingerprint density at radius 3 is 2.26 bits per heavy atom. The molecule has 1 rings (SSSR count). The molecule has 156 valence electrons. The molecule has 27 heavy (non-hydrogen) atoms. The molecule has 0 aromatic heterocycles. The van der Waals surface area contributed by atoms with Crippen LogP contribution in [0.4, 0.5) is 0 Å². The first-order chi connectivity index (χ1) is 12.6. The van der Waals surface area contributed by atoms with E-state index in [1.165, 1.54) is 0 Å². The van der Waals surface area contributed by atoms with E-state index < -0.39 is 43.7 Å². The lowest BCUT2D eigenvalue weighted by molar-refractivity contribution is -0.129. The molecule has 0 heterocycles. The zero-order valence-electron chi connectivity index (χ0n) is 16.6. The van der Waals surface area contributed by atoms with Crippen molar-refractivity contribution >= 4 is 19.8 Å². The van der Waals surface area contributed by atoms with E-state index in [2.05, 4.69) is 10.6 Å². The molecule has 2 amide bonds. The van der Waals surface area contributed by atoms with E-state index >= 15 is 0 Å². The summed E-state index contributed by atoms with van der Waals surface area (Å²) in [5, 5.41) is 15.3. The van der Waals surface area contributed by atoms with Gasteiger partial charge in [-0.15, -0.1) is 0 Å². The number of aliphatic hydroxyl groups is 1. The van der Waals surface area contributed by atoms with Crippen LogP contribution in [0.15, 0.2) is 0 Å². The summed E-state index contributed by atoms with van der Waals surface area (Å²) in [6.45, 7) is 5.16. The van der Waals surface area contributed by atoms with Crippen molar-refractivity contribution in [3.05, 3.63) is 0 Å². The van der Waals surface area contributed by atoms with Gasteiger partial charge in [0.15, 0.2) is 5.66 Å². The summed E-state index contributed by atoms with van der Waals surface area (Å²) in [5.41, 5.74) is 5.30. The number of nitrogens with one attached hydrogen (secondary N) is 2. The Morgan fingerprint density at radius 1 is 1.15 bits per heavy atom. The van der Waals surface area contributed by atoms with Crippen molar-refractivity contribution in [2.75, 3.05) is 6.54 Å². The number of nitrogens with two attached hydrogens (primary N) is 1. The molecule has 1 aliphatic rings. The quantitative estimate of drug-likeness (QED) is 0.344. The van der Waals surface area contributed by atoms with Crippen molar-refractivity contribution < 1.29 is 24.2 Å². The van der Waals surface area contributed by atoms with Crippen LogP contribution in [0.5, 0.6) is 0 Å². The highest BCUT2D eigenvalue weighted by atomic mass is 31.1. The van der Waals surface area contributed by atoms with Crippen molar-refractivity contribution in [1.82, 2.24) is 10.6 Å². The molecule has 8 nitrogen and oxygen atoms in total. The Hall–Kier alpha value is -1.08. The molecule has 0 aromatic carbocycles. The topological polar surface area (TPSA) is 142 Å². The molecular weight excluding hydrogens is 369 g/mol. The molecule has 9 heteroatoms. The number of amides is 2. The Bertz CT molecular complexity index is 511. The number of aliphatic hydroxyl groups excluding tert-OH is 1. The van der Waals surface area contributed by atoms with E-state index in [0.29, 0.717) is 0 Å². The van der Waals surface area contributed by atoms with E-state index in [0.717, 1.165) is 32.1 Å². The number of hydrogen-bond donors (Lipinski definition) is 5. The number of rotatable bonds is 10. The lowest BCUT2D eigenvalue weighted by Gasteiger charge is -2.24. The summed E-state index contributed by atoms with van der Waals surface area (Å²) in [5.74, 6) is -0.725. The van der Waals surface area contributed by atoms with Gasteiger partial charge in [-0.1, -0.05) is 33.1 Å². The smallest absolute Gasteiger partial charge is 0.391 e. The third-order valence-corrected chi connectivity index (χ3v) is 6.48. The van der Waals surface area contributed by atoms with E-state index in [1.807, 2.05) is 13.8 Å². The Kier molecular flexibility index (Phi) is 10.4. The maximum Gasteiger partial charge on any atom is 0.509 e. The fourth-order valence-electron chi connectivity index (χ4n) is 3.39. The van der Waals surface area contributed by atoms with Crippen LogP contribution in [-0.4, -0.2) is 52.2 Å². The Balaban J connectivity index is 2.44. The largest absolute Gasteiger partial charge is 0.509 e. The molecule has 6 N–H and O–H groups in total. The van der Waals surface area contributed by atoms with Gasteiger partial charge in [-0.05, 0) is 30.2 Å². The lowest BCUT2D eigenvalue weighted by atomic mass is 9.85. The van der Waals surface area contributed by atoms with Gasteiger partial charge in [0.25, 0.3) is 0 Å². The number of carbonyl (C=O) groups is 2. The van der Waals surface area contributed by atoms with Gasteiger partial charge < -0.3 is 21.5 Å². The van der Waals surface area contributed by atoms with Crippen LogP contribution < -0.4 is 16.4 Å². The summed E-state index contributed by atoms with van der Waals surface area (Å²) >= 11 is 0. The lowest BCUT2D eigenvalue weighted by Crippen LogP contribution is -2.52. The standard InChI is InChI=1S/C18H34N3O5P/c1-11(2)16(19)18(24)21-12(3)17(23)20-10-14(22)9-15(27(25)26)13-7-5-4-6-8-13/h11-16,22H,4-10,19H2,1-3H3,(H2-,20,21,23,24,25,26)/p+1/t12-,14+,15?,16-/m0/s1. The van der Waals surface area contributed by atoms with Crippen molar-refractivity contribution in [2.24, 2.45) is 17.6 Å². The predicted octanol–water partition coefficient (Wildman–Crippen LogP) is 1.03. The molecule has 0 aliphatic heterocycles. The highest BCUT2D eigenvalue weighted by Crippen LogP contribution is 2.40. The van der Waals surface area contributed by atoms with Crippen LogP contribution in [0.1, 0.15) is 59.3 Å². The summed E-state index contributed by atoms with van der Waals surface area (Å²) < 4.78 is 11.7. The van der Waals surface area contributed by atoms with E-state index in [1.54, 1.807) is 6.92 Å². The van der Waals surface area contributed by atoms with Crippen LogP contribution in [0.3, 0.4) is 0 Å². The third kappa shape index (κ3) is 8.21. The van der Waals surface area contributed by atoms with Crippen LogP contribution in [0.2, 0.25) is 0 Å². The van der Waals surface area contributed by atoms with Gasteiger partial charge in [0.05, 0.1) is 12.1 Å². The second-order valence-electron chi connectivity index (χ2n) is 7.90. The molecular formula is C18H35N3O5P+. The van der Waals surface area contributed by atoms with Gasteiger partial charge in [-0.25, -0.2) is 0 Å². The van der Waals surface area contributed by atoms with Crippen molar-refractivity contribution in [3.8, 4) is 0 Å². The Labute approximate surface area is 162 Å². The SMILES string of the molecule is CC(C)[C@H](N)C(=O)N[C@@H](C)C(=O)NC[C@H](O)CC(C1CCCCC1)[P+](=O)O. The maximum atomic E-state index is 12.1. The molecule has 1 aliphatic carbocycles. The van der Waals surface area contributed by atoms with Gasteiger partial charge in [0.2, 0.25) is 11.8 Å². The van der Waals surface area contributed by atoms with Crippen LogP contribution in [0, 0.1) is 11.8 Å². The third-order valence-electron chi connectivity index (χ3n) is 5.28. The van der Waals surface area contributed by atoms with Gasteiger partial charge in [0.1, 0.15) is 6.04 Å². The van der Waals surface area contributed by atoms with Gasteiger partial charge in [-0.3, -0.25) is 9.59 Å². The van der Waals surface area contributed by atoms with Gasteiger partial charge >= 0.3 is 8.03 Å². The number of hydrogen-bond acceptors (Lipinski definition) is 5. The second kappa shape index (κ2) is 11.7. The molecule has 0 bridgehead atoms. The summed E-state index contributed by atoms with van der Waals surface area (Å²) in [6.07, 6.45) is 4.33. The van der Waals surface area contributed by atoms with E-state index in [4.69, 9.17) is 5.73 Å². The van der Waals surface area contributed by atoms with E-state index in [-0.39, 0.29) is 24.8 Å². The highest BCUT2D eigenvalue weighted by molar-refractivity contribution is 7.38. The average Bonchev–Trinajstić information content (AvgIpc) is 2.63. The maximum absolute atomic E-state index is 12.1. The Morgan fingerprint density at radius 2 is 1.74 bits per heavy atom. The minimum atomic E-state index is -2.38. The molecule has 0 saturated heterocycles. The zero-order chi connectivity index (χ0) is 20.6. The molecule has 0 aromatic rings. The first-order valence-corrected chi connectivity index (χ1v) is 11.1. The fourth-order valence-corrected chi connectivity index (χ4v) is 4.48. The first kappa shape index (κ1) is 24.0. The first-order valence-electron chi connectivity index (χ1n) is 9.80. The average molecular weight is 404 g/mol. The minimum absolute atomic E-state index is 0.0261. The van der Waals surface area contributed by atoms with Crippen molar-refractivity contribution in [3.63, 3.8) is 0 Å². The zero-order valence-corrected chi connectivity index (χ0v) is 17.5. The molecule has 1 saturated carbocycles. The van der Waals surface area contributed by atoms with Gasteiger partial charge in [0, 0.05) is 18.9 Å². The molecule has 0 radical (unpaired) electrons. The van der Waals surface area contributed by atoms with Crippen LogP contribution >= 0.6 is 8.03 Å². The summed E-state index contributed by atoms with van der Waals surface area (Å²) in [4.78, 5) is 33.6. The molecule has 0 spiro atoms. The molecule has 1 fully saturated rings. The fraction of sp³-hybridized carbons (Fsp3) is 0.889. The summed E-state index contributed by atoms with van der Waals surface area (Å²) in [6, 6.07) is -1.47. The van der Waals surface area contributed by atoms with E-state index in [9.17, 15) is 24.2 Å². The van der Waals surface area contributed by atoms with Crippen molar-refractivity contribution in [2.45, 2.75) is 83.1 Å². The van der Waals surface area contributed by atoms with Crippen molar-refractivity contribution in [1.29, 1.82) is 0 Å². The van der Waals surface area contributed by atoms with Gasteiger partial charge in [-0.2, -0.15) is 4.89 Å². The van der Waals surface area contributed by atoms with Crippen LogP contribution in [-0.2, 0) is 14.2 Å². The summed E-state index contributed by atoms with van der Waals surface area (Å²) in [7, 11) is -2.38. The predicted molar refractivity (Wildman–Crippen MR) is 104 cm³/mol. The minimum Gasteiger partial charge on any atom is -0.391 e. The monoisotopic (exact) mass is 404 g/mol. The normalized spacial score (nSPS) is 20.5. The highest BCUT2D eigenvalue weighted by Gasteiger charge is 2.39.